The van der Waals surface area contributed by atoms with E-state index >= 15 is 0 Å². The zero-order chi connectivity index (χ0) is 10.7. The van der Waals surface area contributed by atoms with E-state index in [1.54, 1.807) is 0 Å². The summed E-state index contributed by atoms with van der Waals surface area (Å²) in [6, 6.07) is 3.99. The van der Waals surface area contributed by atoms with Crippen LogP contribution in [0.25, 0.3) is 0 Å². The van der Waals surface area contributed by atoms with E-state index in [1.165, 1.54) is 6.42 Å². The maximum atomic E-state index is 5.77. The number of hydrogen-bond acceptors (Lipinski definition) is 3. The van der Waals surface area contributed by atoms with E-state index in [2.05, 4.69) is 10.3 Å². The summed E-state index contributed by atoms with van der Waals surface area (Å²) in [6.07, 6.45) is 1.23. The van der Waals surface area contributed by atoms with Gasteiger partial charge in [0.1, 0.15) is 5.75 Å². The molecule has 0 unspecified atom stereocenters. The Balaban J connectivity index is 1.92. The highest BCUT2D eigenvalue weighted by Crippen LogP contribution is 2.16. The molecule has 1 N–H and O–H groups in total. The molecular formula is C12H18N2O. The lowest BCUT2D eigenvalue weighted by molar-refractivity contribution is 0.259. The molecule has 3 nitrogen and oxygen atoms in total. The van der Waals surface area contributed by atoms with Gasteiger partial charge in [0.25, 0.3) is 0 Å². The number of ether oxygens (including phenoxy) is 1. The van der Waals surface area contributed by atoms with E-state index in [0.29, 0.717) is 5.92 Å². The van der Waals surface area contributed by atoms with Gasteiger partial charge in [0.05, 0.1) is 6.61 Å². The van der Waals surface area contributed by atoms with E-state index in [4.69, 9.17) is 4.74 Å². The van der Waals surface area contributed by atoms with Crippen molar-refractivity contribution in [1.82, 2.24) is 10.3 Å². The molecule has 2 rings (SSSR count). The van der Waals surface area contributed by atoms with Crippen molar-refractivity contribution < 1.29 is 4.74 Å². The Labute approximate surface area is 90.9 Å². The molecule has 0 bridgehead atoms. The van der Waals surface area contributed by atoms with Crippen LogP contribution in [0.5, 0.6) is 5.75 Å². The molecule has 1 saturated heterocycles. The Bertz CT molecular complexity index is 312. The van der Waals surface area contributed by atoms with Crippen LogP contribution in [0.2, 0.25) is 0 Å². The first-order valence-corrected chi connectivity index (χ1v) is 5.53. The molecular weight excluding hydrogens is 188 g/mol. The fourth-order valence-electron chi connectivity index (χ4n) is 1.95. The molecule has 0 amide bonds. The summed E-state index contributed by atoms with van der Waals surface area (Å²) in [6.45, 7) is 7.02. The lowest BCUT2D eigenvalue weighted by atomic mass is 10.1. The average Bonchev–Trinajstić information content (AvgIpc) is 2.65. The van der Waals surface area contributed by atoms with Gasteiger partial charge in [-0.1, -0.05) is 0 Å². The van der Waals surface area contributed by atoms with Gasteiger partial charge in [0, 0.05) is 36.0 Å². The van der Waals surface area contributed by atoms with E-state index in [1.807, 2.05) is 26.0 Å². The topological polar surface area (TPSA) is 34.1 Å². The van der Waals surface area contributed by atoms with Gasteiger partial charge in [-0.2, -0.15) is 0 Å². The van der Waals surface area contributed by atoms with Gasteiger partial charge >= 0.3 is 0 Å². The van der Waals surface area contributed by atoms with Crippen molar-refractivity contribution in [2.24, 2.45) is 5.92 Å². The minimum Gasteiger partial charge on any atom is -0.493 e. The van der Waals surface area contributed by atoms with Crippen molar-refractivity contribution >= 4 is 0 Å². The molecule has 0 aromatic carbocycles. The minimum atomic E-state index is 0.666. The summed E-state index contributed by atoms with van der Waals surface area (Å²) < 4.78 is 5.77. The fourth-order valence-corrected chi connectivity index (χ4v) is 1.95. The SMILES string of the molecule is Cc1cc(OC[C@H]2CCNC2)cc(C)n1. The van der Waals surface area contributed by atoms with Crippen molar-refractivity contribution in [1.29, 1.82) is 0 Å². The number of rotatable bonds is 3. The predicted molar refractivity (Wildman–Crippen MR) is 60.2 cm³/mol. The normalized spacial score (nSPS) is 20.5. The third-order valence-corrected chi connectivity index (χ3v) is 2.70. The average molecular weight is 206 g/mol. The smallest absolute Gasteiger partial charge is 0.122 e. The zero-order valence-electron chi connectivity index (χ0n) is 9.42. The van der Waals surface area contributed by atoms with Gasteiger partial charge in [-0.15, -0.1) is 0 Å². The van der Waals surface area contributed by atoms with Crippen molar-refractivity contribution in [3.05, 3.63) is 23.5 Å². The van der Waals surface area contributed by atoms with E-state index in [0.717, 1.165) is 36.8 Å². The first kappa shape index (κ1) is 10.4. The Morgan fingerprint density at radius 2 is 2.13 bits per heavy atom. The molecule has 0 aliphatic carbocycles. The van der Waals surface area contributed by atoms with Gasteiger partial charge in [0.15, 0.2) is 0 Å². The highest BCUT2D eigenvalue weighted by atomic mass is 16.5. The molecule has 3 heteroatoms. The molecule has 15 heavy (non-hydrogen) atoms. The van der Waals surface area contributed by atoms with Crippen molar-refractivity contribution in [3.8, 4) is 5.75 Å². The summed E-state index contributed by atoms with van der Waals surface area (Å²) in [5.74, 6) is 1.62. The van der Waals surface area contributed by atoms with Crippen LogP contribution in [0, 0.1) is 19.8 Å². The molecule has 1 aliphatic rings. The summed E-state index contributed by atoms with van der Waals surface area (Å²) >= 11 is 0. The third-order valence-electron chi connectivity index (χ3n) is 2.70. The summed E-state index contributed by atoms with van der Waals surface area (Å²) in [7, 11) is 0. The van der Waals surface area contributed by atoms with Gasteiger partial charge in [-0.3, -0.25) is 4.98 Å². The van der Waals surface area contributed by atoms with Crippen molar-refractivity contribution in [3.63, 3.8) is 0 Å². The molecule has 0 radical (unpaired) electrons. The molecule has 2 heterocycles. The number of aromatic nitrogens is 1. The molecule has 0 saturated carbocycles. The minimum absolute atomic E-state index is 0.666. The number of nitrogens with one attached hydrogen (secondary N) is 1. The Morgan fingerprint density at radius 3 is 2.73 bits per heavy atom. The maximum absolute atomic E-state index is 5.77. The standard InChI is InChI=1S/C12H18N2O/c1-9-5-12(6-10(2)14-9)15-8-11-3-4-13-7-11/h5-6,11,13H,3-4,7-8H2,1-2H3/t11-/m0/s1. The van der Waals surface area contributed by atoms with E-state index in [-0.39, 0.29) is 0 Å². The number of pyridine rings is 1. The Hall–Kier alpha value is -1.09. The van der Waals surface area contributed by atoms with Gasteiger partial charge < -0.3 is 10.1 Å². The first-order chi connectivity index (χ1) is 7.24. The van der Waals surface area contributed by atoms with Crippen molar-refractivity contribution in [2.75, 3.05) is 19.7 Å². The summed E-state index contributed by atoms with van der Waals surface area (Å²) in [5.41, 5.74) is 2.05. The molecule has 1 fully saturated rings. The van der Waals surface area contributed by atoms with Crippen LogP contribution in [-0.4, -0.2) is 24.7 Å². The lowest BCUT2D eigenvalue weighted by Crippen LogP contribution is -2.15. The van der Waals surface area contributed by atoms with E-state index < -0.39 is 0 Å². The van der Waals surface area contributed by atoms with Gasteiger partial charge in [-0.05, 0) is 26.8 Å². The van der Waals surface area contributed by atoms with Gasteiger partial charge in [0.2, 0.25) is 0 Å². The first-order valence-electron chi connectivity index (χ1n) is 5.53. The molecule has 1 aliphatic heterocycles. The number of hydrogen-bond donors (Lipinski definition) is 1. The predicted octanol–water partition coefficient (Wildman–Crippen LogP) is 1.69. The second kappa shape index (κ2) is 4.62. The van der Waals surface area contributed by atoms with Crippen LogP contribution < -0.4 is 10.1 Å². The zero-order valence-corrected chi connectivity index (χ0v) is 9.42. The molecule has 1 atom stereocenters. The van der Waals surface area contributed by atoms with Crippen LogP contribution in [0.4, 0.5) is 0 Å². The van der Waals surface area contributed by atoms with Crippen molar-refractivity contribution in [2.45, 2.75) is 20.3 Å². The monoisotopic (exact) mass is 206 g/mol. The Morgan fingerprint density at radius 1 is 1.40 bits per heavy atom. The fraction of sp³-hybridized carbons (Fsp3) is 0.583. The largest absolute Gasteiger partial charge is 0.493 e. The van der Waals surface area contributed by atoms with Crippen LogP contribution in [0.1, 0.15) is 17.8 Å². The summed E-state index contributed by atoms with van der Waals surface area (Å²) in [4.78, 5) is 4.32. The Kier molecular flexibility index (Phi) is 3.21. The number of nitrogens with zero attached hydrogens (tertiary/aromatic N) is 1. The quantitative estimate of drug-likeness (QED) is 0.817. The highest BCUT2D eigenvalue weighted by molar-refractivity contribution is 5.26. The maximum Gasteiger partial charge on any atom is 0.122 e. The summed E-state index contributed by atoms with van der Waals surface area (Å²) in [5, 5.41) is 3.34. The van der Waals surface area contributed by atoms with Crippen LogP contribution >= 0.6 is 0 Å². The van der Waals surface area contributed by atoms with Crippen LogP contribution in [-0.2, 0) is 0 Å². The number of aryl methyl sites for hydroxylation is 2. The molecule has 1 aromatic heterocycles. The molecule has 1 aromatic rings. The third kappa shape index (κ3) is 2.93. The van der Waals surface area contributed by atoms with E-state index in [9.17, 15) is 0 Å². The van der Waals surface area contributed by atoms with Crippen LogP contribution in [0.15, 0.2) is 12.1 Å². The lowest BCUT2D eigenvalue weighted by Gasteiger charge is -2.11. The second-order valence-electron chi connectivity index (χ2n) is 4.26. The van der Waals surface area contributed by atoms with Crippen LogP contribution in [0.3, 0.4) is 0 Å². The highest BCUT2D eigenvalue weighted by Gasteiger charge is 2.14. The molecule has 82 valence electrons. The second-order valence-corrected chi connectivity index (χ2v) is 4.26. The molecule has 0 spiro atoms. The van der Waals surface area contributed by atoms with Gasteiger partial charge in [-0.25, -0.2) is 0 Å².